The Morgan fingerprint density at radius 1 is 1.62 bits per heavy atom. The molecule has 2 rings (SSSR count). The van der Waals surface area contributed by atoms with Gasteiger partial charge in [0.1, 0.15) is 11.6 Å². The van der Waals surface area contributed by atoms with Gasteiger partial charge in [-0.2, -0.15) is 10.4 Å². The smallest absolute Gasteiger partial charge is 0.341 e. The fourth-order valence-corrected chi connectivity index (χ4v) is 1.64. The molecular formula is C12H9N5O4. The number of nitriles is 1. The zero-order valence-corrected chi connectivity index (χ0v) is 10.9. The third-order valence-electron chi connectivity index (χ3n) is 2.52. The molecule has 2 aromatic heterocycles. The first-order valence-electron chi connectivity index (χ1n) is 5.84. The Labute approximate surface area is 118 Å². The van der Waals surface area contributed by atoms with E-state index in [1.165, 1.54) is 24.7 Å². The lowest BCUT2D eigenvalue weighted by molar-refractivity contribution is -0.385. The van der Waals surface area contributed by atoms with E-state index in [1.807, 2.05) is 0 Å². The zero-order chi connectivity index (χ0) is 15.4. The van der Waals surface area contributed by atoms with E-state index in [1.54, 1.807) is 13.0 Å². The summed E-state index contributed by atoms with van der Waals surface area (Å²) in [7, 11) is 0. The molecule has 2 heterocycles. The fraction of sp³-hybridized carbons (Fsp3) is 0.167. The highest BCUT2D eigenvalue weighted by molar-refractivity contribution is 5.88. The van der Waals surface area contributed by atoms with Gasteiger partial charge in [0.15, 0.2) is 0 Å². The molecule has 0 radical (unpaired) electrons. The summed E-state index contributed by atoms with van der Waals surface area (Å²) < 4.78 is 5.86. The molecule has 9 nitrogen and oxygen atoms in total. The minimum Gasteiger partial charge on any atom is -0.462 e. The van der Waals surface area contributed by atoms with E-state index in [0.29, 0.717) is 0 Å². The third-order valence-corrected chi connectivity index (χ3v) is 2.52. The number of nitro groups is 1. The van der Waals surface area contributed by atoms with Crippen LogP contribution in [0.4, 0.5) is 5.69 Å². The van der Waals surface area contributed by atoms with Crippen molar-refractivity contribution in [1.29, 1.82) is 5.26 Å². The number of hydrogen-bond acceptors (Lipinski definition) is 7. The summed E-state index contributed by atoms with van der Waals surface area (Å²) in [5.41, 5.74) is -0.480. The van der Waals surface area contributed by atoms with Crippen molar-refractivity contribution in [2.75, 3.05) is 6.61 Å². The molecule has 0 aliphatic rings. The van der Waals surface area contributed by atoms with Crippen LogP contribution in [0, 0.1) is 21.4 Å². The van der Waals surface area contributed by atoms with Gasteiger partial charge in [0, 0.05) is 12.4 Å². The van der Waals surface area contributed by atoms with Gasteiger partial charge in [-0.05, 0) is 13.0 Å². The van der Waals surface area contributed by atoms with Crippen LogP contribution in [0.25, 0.3) is 5.82 Å². The van der Waals surface area contributed by atoms with Gasteiger partial charge < -0.3 is 4.74 Å². The number of nitrogens with zero attached hydrogens (tertiary/aromatic N) is 5. The van der Waals surface area contributed by atoms with Crippen LogP contribution in [0.3, 0.4) is 0 Å². The summed E-state index contributed by atoms with van der Waals surface area (Å²) >= 11 is 0. The van der Waals surface area contributed by atoms with E-state index < -0.39 is 16.6 Å². The van der Waals surface area contributed by atoms with Crippen molar-refractivity contribution in [3.8, 4) is 11.9 Å². The van der Waals surface area contributed by atoms with Crippen LogP contribution in [0.15, 0.2) is 24.7 Å². The molecule has 0 fully saturated rings. The minimum absolute atomic E-state index is 0.135. The standard InChI is InChI=1S/C12H9N5O4/c1-2-21-12(18)9-6-15-16(7-9)11-10(17(19)20)8(5-13)3-4-14-11/h3-4,6-7H,2H2,1H3. The van der Waals surface area contributed by atoms with Crippen LogP contribution in [-0.2, 0) is 4.74 Å². The zero-order valence-electron chi connectivity index (χ0n) is 10.9. The number of aromatic nitrogens is 3. The molecule has 0 aromatic carbocycles. The van der Waals surface area contributed by atoms with Gasteiger partial charge in [0.05, 0.1) is 23.3 Å². The van der Waals surface area contributed by atoms with Crippen molar-refractivity contribution >= 4 is 11.7 Å². The van der Waals surface area contributed by atoms with Gasteiger partial charge in [-0.15, -0.1) is 0 Å². The lowest BCUT2D eigenvalue weighted by atomic mass is 10.2. The van der Waals surface area contributed by atoms with Gasteiger partial charge >= 0.3 is 11.7 Å². The molecule has 0 aliphatic carbocycles. The van der Waals surface area contributed by atoms with Crippen molar-refractivity contribution in [3.63, 3.8) is 0 Å². The van der Waals surface area contributed by atoms with E-state index in [9.17, 15) is 14.9 Å². The average Bonchev–Trinajstić information content (AvgIpc) is 2.96. The van der Waals surface area contributed by atoms with Crippen molar-refractivity contribution in [1.82, 2.24) is 14.8 Å². The maximum atomic E-state index is 11.5. The van der Waals surface area contributed by atoms with Crippen molar-refractivity contribution in [3.05, 3.63) is 45.9 Å². The Morgan fingerprint density at radius 2 is 2.38 bits per heavy atom. The maximum Gasteiger partial charge on any atom is 0.341 e. The number of rotatable bonds is 4. The number of ether oxygens (including phenoxy) is 1. The molecule has 21 heavy (non-hydrogen) atoms. The molecule has 0 saturated heterocycles. The number of hydrogen-bond donors (Lipinski definition) is 0. The summed E-state index contributed by atoms with van der Waals surface area (Å²) in [6.07, 6.45) is 3.73. The SMILES string of the molecule is CCOC(=O)c1cnn(-c2nccc(C#N)c2[N+](=O)[O-])c1. The molecule has 9 heteroatoms. The summed E-state index contributed by atoms with van der Waals surface area (Å²) in [5, 5.41) is 23.9. The molecule has 0 bridgehead atoms. The summed E-state index contributed by atoms with van der Waals surface area (Å²) in [6, 6.07) is 2.96. The van der Waals surface area contributed by atoms with Crippen LogP contribution in [0.2, 0.25) is 0 Å². The molecule has 2 aromatic rings. The Balaban J connectivity index is 2.51. The van der Waals surface area contributed by atoms with Crippen molar-refractivity contribution in [2.24, 2.45) is 0 Å². The van der Waals surface area contributed by atoms with Crippen LogP contribution >= 0.6 is 0 Å². The Hall–Kier alpha value is -3.28. The molecule has 0 saturated carbocycles. The van der Waals surface area contributed by atoms with E-state index in [0.717, 1.165) is 4.68 Å². The molecule has 106 valence electrons. The third kappa shape index (κ3) is 2.69. The first kappa shape index (κ1) is 14.1. The second-order valence-electron chi connectivity index (χ2n) is 3.79. The molecule has 0 unspecified atom stereocenters. The average molecular weight is 287 g/mol. The van der Waals surface area contributed by atoms with Crippen molar-refractivity contribution in [2.45, 2.75) is 6.92 Å². The maximum absolute atomic E-state index is 11.5. The minimum atomic E-state index is -0.716. The van der Waals surface area contributed by atoms with Gasteiger partial charge in [-0.1, -0.05) is 0 Å². The van der Waals surface area contributed by atoms with E-state index in [2.05, 4.69) is 10.1 Å². The Kier molecular flexibility index (Phi) is 3.90. The predicted molar refractivity (Wildman–Crippen MR) is 68.7 cm³/mol. The lowest BCUT2D eigenvalue weighted by Gasteiger charge is -2.02. The monoisotopic (exact) mass is 287 g/mol. The van der Waals surface area contributed by atoms with E-state index in [4.69, 9.17) is 10.00 Å². The molecule has 0 amide bonds. The molecule has 0 aliphatic heterocycles. The molecule has 0 atom stereocenters. The molecular weight excluding hydrogens is 278 g/mol. The predicted octanol–water partition coefficient (Wildman–Crippen LogP) is 1.22. The lowest BCUT2D eigenvalue weighted by Crippen LogP contribution is -2.06. The number of pyridine rings is 1. The topological polar surface area (TPSA) is 124 Å². The summed E-state index contributed by atoms with van der Waals surface area (Å²) in [6.45, 7) is 1.86. The van der Waals surface area contributed by atoms with Crippen LogP contribution < -0.4 is 0 Å². The van der Waals surface area contributed by atoms with Crippen LogP contribution in [-0.4, -0.2) is 32.3 Å². The van der Waals surface area contributed by atoms with Gasteiger partial charge in [-0.3, -0.25) is 10.1 Å². The first-order chi connectivity index (χ1) is 10.1. The molecule has 0 spiro atoms. The van der Waals surface area contributed by atoms with E-state index in [-0.39, 0.29) is 23.6 Å². The quantitative estimate of drug-likeness (QED) is 0.470. The van der Waals surface area contributed by atoms with Gasteiger partial charge in [-0.25, -0.2) is 14.5 Å². The highest BCUT2D eigenvalue weighted by atomic mass is 16.6. The number of carbonyl (C=O) groups is 1. The fourth-order valence-electron chi connectivity index (χ4n) is 1.64. The van der Waals surface area contributed by atoms with Crippen LogP contribution in [0.1, 0.15) is 22.8 Å². The van der Waals surface area contributed by atoms with Gasteiger partial charge in [0.25, 0.3) is 0 Å². The highest BCUT2D eigenvalue weighted by Crippen LogP contribution is 2.24. The summed E-state index contributed by atoms with van der Waals surface area (Å²) in [4.78, 5) is 25.8. The number of esters is 1. The van der Waals surface area contributed by atoms with Crippen molar-refractivity contribution < 1.29 is 14.5 Å². The second-order valence-corrected chi connectivity index (χ2v) is 3.79. The second kappa shape index (κ2) is 5.79. The van der Waals surface area contributed by atoms with Gasteiger partial charge in [0.2, 0.25) is 5.82 Å². The highest BCUT2D eigenvalue weighted by Gasteiger charge is 2.24. The molecule has 0 N–H and O–H groups in total. The Bertz CT molecular complexity index is 746. The summed E-state index contributed by atoms with van der Waals surface area (Å²) in [5.74, 6) is -0.738. The first-order valence-corrected chi connectivity index (χ1v) is 5.84. The number of carbonyl (C=O) groups excluding carboxylic acids is 1. The normalized spacial score (nSPS) is 9.90. The van der Waals surface area contributed by atoms with Crippen LogP contribution in [0.5, 0.6) is 0 Å². The largest absolute Gasteiger partial charge is 0.462 e. The Morgan fingerprint density at radius 3 is 3.00 bits per heavy atom. The van der Waals surface area contributed by atoms with E-state index >= 15 is 0 Å².